The molecule has 6 rings (SSSR count). The summed E-state index contributed by atoms with van der Waals surface area (Å²) in [5, 5.41) is 8.68. The highest BCUT2D eigenvalue weighted by Gasteiger charge is 2.36. The van der Waals surface area contributed by atoms with E-state index in [4.69, 9.17) is 16.3 Å². The minimum Gasteiger partial charge on any atom is -0.489 e. The van der Waals surface area contributed by atoms with Gasteiger partial charge in [-0.2, -0.15) is 5.10 Å². The number of nitrogens with one attached hydrogen (secondary N) is 1. The molecule has 1 unspecified atom stereocenters. The molecule has 2 bridgehead atoms. The molecule has 0 spiro atoms. The Balaban J connectivity index is 1.26. The SMILES string of the molecule is Cc1nc2c3c(nn2cc1Cl)CN(C(=O)c1ccc(F)cc1OC1C[C@H]2CC[C@@H](C1)N2)C3. The molecule has 1 amide bonds. The van der Waals surface area contributed by atoms with Crippen molar-refractivity contribution >= 4 is 23.2 Å². The van der Waals surface area contributed by atoms with Crippen LogP contribution in [0.15, 0.2) is 24.4 Å². The quantitative estimate of drug-likeness (QED) is 0.652. The lowest BCUT2D eigenvalue weighted by Crippen LogP contribution is -2.42. The van der Waals surface area contributed by atoms with E-state index in [1.165, 1.54) is 18.2 Å². The zero-order valence-electron chi connectivity index (χ0n) is 17.6. The Morgan fingerprint density at radius 1 is 1.25 bits per heavy atom. The fourth-order valence-corrected chi connectivity index (χ4v) is 5.34. The zero-order valence-corrected chi connectivity index (χ0v) is 18.4. The Morgan fingerprint density at radius 2 is 2.03 bits per heavy atom. The number of carbonyl (C=O) groups excluding carboxylic acids is 1. The fraction of sp³-hybridized carbons (Fsp3) is 0.435. The molecule has 3 aliphatic heterocycles. The first-order valence-electron chi connectivity index (χ1n) is 11.0. The van der Waals surface area contributed by atoms with Gasteiger partial charge in [0.25, 0.3) is 5.91 Å². The van der Waals surface area contributed by atoms with E-state index in [2.05, 4.69) is 15.4 Å². The van der Waals surface area contributed by atoms with E-state index < -0.39 is 5.82 Å². The van der Waals surface area contributed by atoms with Gasteiger partial charge in [-0.15, -0.1) is 0 Å². The van der Waals surface area contributed by atoms with Crippen LogP contribution in [0.4, 0.5) is 4.39 Å². The van der Waals surface area contributed by atoms with Gasteiger partial charge in [0.2, 0.25) is 0 Å². The minimum atomic E-state index is -0.410. The molecular weight excluding hydrogens is 433 g/mol. The van der Waals surface area contributed by atoms with E-state index in [1.807, 2.05) is 6.92 Å². The third-order valence-electron chi connectivity index (χ3n) is 6.79. The van der Waals surface area contributed by atoms with Crippen LogP contribution in [0, 0.1) is 12.7 Å². The van der Waals surface area contributed by atoms with Crippen LogP contribution in [-0.4, -0.2) is 43.6 Å². The predicted octanol–water partition coefficient (Wildman–Crippen LogP) is 3.65. The Morgan fingerprint density at radius 3 is 2.81 bits per heavy atom. The lowest BCUT2D eigenvalue weighted by molar-refractivity contribution is 0.0737. The highest BCUT2D eigenvalue weighted by atomic mass is 35.5. The molecule has 3 atom stereocenters. The molecule has 2 fully saturated rings. The fourth-order valence-electron chi connectivity index (χ4n) is 5.21. The number of amides is 1. The van der Waals surface area contributed by atoms with E-state index in [0.717, 1.165) is 42.6 Å². The van der Waals surface area contributed by atoms with Crippen LogP contribution < -0.4 is 10.1 Å². The first kappa shape index (κ1) is 19.9. The summed E-state index contributed by atoms with van der Waals surface area (Å²) in [6.45, 7) is 2.59. The summed E-state index contributed by atoms with van der Waals surface area (Å²) < 4.78 is 21.9. The number of carbonyl (C=O) groups is 1. The molecule has 0 aliphatic carbocycles. The van der Waals surface area contributed by atoms with Crippen LogP contribution in [0.3, 0.4) is 0 Å². The van der Waals surface area contributed by atoms with Crippen LogP contribution in [0.5, 0.6) is 5.75 Å². The second kappa shape index (κ2) is 7.42. The number of aromatic nitrogens is 3. The first-order chi connectivity index (χ1) is 15.4. The van der Waals surface area contributed by atoms with E-state index in [0.29, 0.717) is 47.2 Å². The average Bonchev–Trinajstić information content (AvgIpc) is 3.41. The molecule has 1 aromatic carbocycles. The predicted molar refractivity (Wildman–Crippen MR) is 116 cm³/mol. The Bertz CT molecular complexity index is 1230. The molecule has 32 heavy (non-hydrogen) atoms. The normalized spacial score (nSPS) is 24.2. The summed E-state index contributed by atoms with van der Waals surface area (Å²) in [6.07, 6.45) is 5.76. The molecule has 3 aromatic rings. The summed E-state index contributed by atoms with van der Waals surface area (Å²) >= 11 is 6.17. The summed E-state index contributed by atoms with van der Waals surface area (Å²) in [7, 11) is 0. The Labute approximate surface area is 189 Å². The highest BCUT2D eigenvalue weighted by Crippen LogP contribution is 2.33. The molecule has 7 nitrogen and oxygen atoms in total. The van der Waals surface area contributed by atoms with E-state index in [1.54, 1.807) is 15.6 Å². The van der Waals surface area contributed by atoms with Crippen molar-refractivity contribution in [1.82, 2.24) is 24.8 Å². The van der Waals surface area contributed by atoms with Crippen molar-refractivity contribution in [2.24, 2.45) is 0 Å². The van der Waals surface area contributed by atoms with Gasteiger partial charge in [-0.3, -0.25) is 4.79 Å². The van der Waals surface area contributed by atoms with Gasteiger partial charge in [-0.25, -0.2) is 13.9 Å². The maximum Gasteiger partial charge on any atom is 0.258 e. The van der Waals surface area contributed by atoms with Gasteiger partial charge in [0, 0.05) is 23.7 Å². The largest absolute Gasteiger partial charge is 0.489 e. The van der Waals surface area contributed by atoms with Crippen LogP contribution in [0.25, 0.3) is 5.65 Å². The van der Waals surface area contributed by atoms with Gasteiger partial charge in [0.1, 0.15) is 17.7 Å². The number of rotatable bonds is 3. The summed E-state index contributed by atoms with van der Waals surface area (Å²) in [5.41, 5.74) is 3.52. The van der Waals surface area contributed by atoms with Crippen molar-refractivity contribution in [2.45, 2.75) is 63.9 Å². The van der Waals surface area contributed by atoms with E-state index >= 15 is 0 Å². The Kier molecular flexibility index (Phi) is 4.62. The lowest BCUT2D eigenvalue weighted by atomic mass is 10.0. The number of nitrogens with zero attached hydrogens (tertiary/aromatic N) is 4. The zero-order chi connectivity index (χ0) is 22.0. The van der Waals surface area contributed by atoms with E-state index in [-0.39, 0.29) is 12.0 Å². The van der Waals surface area contributed by atoms with Crippen molar-refractivity contribution in [3.8, 4) is 5.75 Å². The van der Waals surface area contributed by atoms with Crippen LogP contribution in [-0.2, 0) is 13.1 Å². The smallest absolute Gasteiger partial charge is 0.258 e. The molecule has 0 saturated carbocycles. The van der Waals surface area contributed by atoms with Crippen molar-refractivity contribution in [1.29, 1.82) is 0 Å². The molecule has 1 N–H and O–H groups in total. The second-order valence-electron chi connectivity index (χ2n) is 9.02. The minimum absolute atomic E-state index is 0.0148. The van der Waals surface area contributed by atoms with E-state index in [9.17, 15) is 9.18 Å². The third-order valence-corrected chi connectivity index (χ3v) is 7.16. The number of aryl methyl sites for hydroxylation is 1. The molecule has 9 heteroatoms. The molecule has 3 aliphatic rings. The lowest BCUT2D eigenvalue weighted by Gasteiger charge is -2.30. The van der Waals surface area contributed by atoms with Gasteiger partial charge in [-0.05, 0) is 44.7 Å². The van der Waals surface area contributed by atoms with Crippen molar-refractivity contribution in [2.75, 3.05) is 0 Å². The highest BCUT2D eigenvalue weighted by molar-refractivity contribution is 6.31. The number of fused-ring (bicyclic) bond motifs is 5. The summed E-state index contributed by atoms with van der Waals surface area (Å²) in [4.78, 5) is 19.7. The number of ether oxygens (including phenoxy) is 1. The van der Waals surface area contributed by atoms with Gasteiger partial charge in [0.15, 0.2) is 5.65 Å². The number of halogens is 2. The number of hydrogen-bond acceptors (Lipinski definition) is 5. The summed E-state index contributed by atoms with van der Waals surface area (Å²) in [5.74, 6) is -0.285. The molecule has 166 valence electrons. The van der Waals surface area contributed by atoms with Gasteiger partial charge >= 0.3 is 0 Å². The monoisotopic (exact) mass is 455 g/mol. The van der Waals surface area contributed by atoms with Gasteiger partial charge in [0.05, 0.1) is 41.3 Å². The summed E-state index contributed by atoms with van der Waals surface area (Å²) in [6, 6.07) is 5.05. The number of hydrogen-bond donors (Lipinski definition) is 1. The number of piperidine rings is 1. The molecule has 0 radical (unpaired) electrons. The molecular formula is C23H23ClFN5O2. The third kappa shape index (κ3) is 3.33. The van der Waals surface area contributed by atoms with Gasteiger partial charge < -0.3 is 15.0 Å². The first-order valence-corrected chi connectivity index (χ1v) is 11.4. The van der Waals surface area contributed by atoms with Crippen molar-refractivity contribution in [3.05, 3.63) is 57.8 Å². The van der Waals surface area contributed by atoms with Crippen LogP contribution in [0.1, 0.15) is 53.0 Å². The Hall–Kier alpha value is -2.71. The second-order valence-corrected chi connectivity index (χ2v) is 9.43. The van der Waals surface area contributed by atoms with Crippen molar-refractivity contribution < 1.29 is 13.9 Å². The maximum absolute atomic E-state index is 14.1. The number of benzene rings is 1. The topological polar surface area (TPSA) is 71.8 Å². The molecule has 2 saturated heterocycles. The molecule has 5 heterocycles. The van der Waals surface area contributed by atoms with Gasteiger partial charge in [-0.1, -0.05) is 11.6 Å². The maximum atomic E-state index is 14.1. The molecule has 2 aromatic heterocycles. The van der Waals surface area contributed by atoms with Crippen LogP contribution in [0.2, 0.25) is 5.02 Å². The average molecular weight is 456 g/mol. The van der Waals surface area contributed by atoms with Crippen LogP contribution >= 0.6 is 11.6 Å². The van der Waals surface area contributed by atoms with Crippen molar-refractivity contribution in [3.63, 3.8) is 0 Å². The standard InChI is InChI=1S/C23H23ClFN5O2/c1-12-19(24)10-30-22(26-12)18-9-29(11-20(18)28-30)23(31)17-5-2-13(25)6-21(17)32-16-7-14-3-4-15(8-16)27-14/h2,5-6,10,14-16,27H,3-4,7-9,11H2,1H3/t14-,15+,16?.